The molecule has 1 aromatic heterocycles. The van der Waals surface area contributed by atoms with Gasteiger partial charge in [0.05, 0.1) is 20.1 Å². The van der Waals surface area contributed by atoms with Crippen molar-refractivity contribution in [1.82, 2.24) is 20.1 Å². The number of aryl methyl sites for hydroxylation is 1. The summed E-state index contributed by atoms with van der Waals surface area (Å²) in [5.41, 5.74) is 0. The molecule has 1 aromatic rings. The highest BCUT2D eigenvalue weighted by atomic mass is 16.5. The Kier molecular flexibility index (Phi) is 4.91. The van der Waals surface area contributed by atoms with E-state index in [9.17, 15) is 4.79 Å². The van der Waals surface area contributed by atoms with Gasteiger partial charge in [0.2, 0.25) is 0 Å². The molecular formula is C10H18N4O2. The third kappa shape index (κ3) is 3.62. The molecule has 0 radical (unpaired) electrons. The van der Waals surface area contributed by atoms with Crippen molar-refractivity contribution in [1.29, 1.82) is 0 Å². The van der Waals surface area contributed by atoms with Gasteiger partial charge >= 0.3 is 5.97 Å². The Morgan fingerprint density at radius 1 is 1.69 bits per heavy atom. The van der Waals surface area contributed by atoms with Crippen molar-refractivity contribution in [2.24, 2.45) is 0 Å². The molecule has 1 N–H and O–H groups in total. The number of nitrogens with one attached hydrogen (secondary N) is 1. The van der Waals surface area contributed by atoms with Crippen molar-refractivity contribution in [2.75, 3.05) is 7.11 Å². The first-order chi connectivity index (χ1) is 7.67. The number of carbonyl (C=O) groups is 1. The number of ether oxygens (including phenoxy) is 1. The van der Waals surface area contributed by atoms with Crippen LogP contribution >= 0.6 is 0 Å². The Balaban J connectivity index is 2.36. The molecule has 0 aliphatic rings. The van der Waals surface area contributed by atoms with Gasteiger partial charge in [0.25, 0.3) is 0 Å². The van der Waals surface area contributed by atoms with Crippen LogP contribution in [0, 0.1) is 0 Å². The lowest BCUT2D eigenvalue weighted by molar-refractivity contribution is -0.141. The molecule has 0 aliphatic carbocycles. The molecule has 0 bridgehead atoms. The molecule has 16 heavy (non-hydrogen) atoms. The van der Waals surface area contributed by atoms with Crippen LogP contribution < -0.4 is 5.32 Å². The van der Waals surface area contributed by atoms with Crippen molar-refractivity contribution < 1.29 is 9.53 Å². The Morgan fingerprint density at radius 2 is 2.44 bits per heavy atom. The van der Waals surface area contributed by atoms with Crippen LogP contribution in [0.5, 0.6) is 0 Å². The van der Waals surface area contributed by atoms with Crippen molar-refractivity contribution in [3.05, 3.63) is 12.2 Å². The second kappa shape index (κ2) is 6.22. The molecule has 6 heteroatoms. The molecule has 1 unspecified atom stereocenters. The third-order valence-corrected chi connectivity index (χ3v) is 2.35. The molecule has 0 saturated heterocycles. The number of rotatable bonds is 6. The molecule has 0 saturated carbocycles. The van der Waals surface area contributed by atoms with Gasteiger partial charge in [-0.05, 0) is 13.8 Å². The van der Waals surface area contributed by atoms with Gasteiger partial charge in [0.1, 0.15) is 12.2 Å². The van der Waals surface area contributed by atoms with E-state index in [-0.39, 0.29) is 12.0 Å². The van der Waals surface area contributed by atoms with Crippen LogP contribution in [0.2, 0.25) is 0 Å². The zero-order valence-corrected chi connectivity index (χ0v) is 9.93. The van der Waals surface area contributed by atoms with Gasteiger partial charge < -0.3 is 14.6 Å². The van der Waals surface area contributed by atoms with Gasteiger partial charge in [0, 0.05) is 12.6 Å². The second-order valence-electron chi connectivity index (χ2n) is 3.60. The van der Waals surface area contributed by atoms with Crippen molar-refractivity contribution in [2.45, 2.75) is 39.4 Å². The first kappa shape index (κ1) is 12.6. The number of aromatic nitrogens is 3. The Bertz CT molecular complexity index is 337. The maximum Gasteiger partial charge on any atom is 0.307 e. The van der Waals surface area contributed by atoms with Crippen molar-refractivity contribution >= 4 is 5.97 Å². The third-order valence-electron chi connectivity index (χ3n) is 2.35. The molecule has 0 aliphatic heterocycles. The maximum atomic E-state index is 11.0. The van der Waals surface area contributed by atoms with Crippen LogP contribution in [0.15, 0.2) is 6.33 Å². The minimum absolute atomic E-state index is 0.0643. The highest BCUT2D eigenvalue weighted by Crippen LogP contribution is 1.98. The maximum absolute atomic E-state index is 11.0. The predicted molar refractivity (Wildman–Crippen MR) is 58.6 cm³/mol. The standard InChI is InChI=1S/C10H18N4O2/c1-4-14-7-12-13-9(14)6-11-8(2)5-10(15)16-3/h7-8,11H,4-6H2,1-3H3. The molecule has 1 heterocycles. The topological polar surface area (TPSA) is 69.0 Å². The molecule has 1 atom stereocenters. The summed E-state index contributed by atoms with van der Waals surface area (Å²) >= 11 is 0. The van der Waals surface area contributed by atoms with Gasteiger partial charge in [-0.1, -0.05) is 0 Å². The summed E-state index contributed by atoms with van der Waals surface area (Å²) in [6, 6.07) is 0.0643. The van der Waals surface area contributed by atoms with E-state index in [0.29, 0.717) is 13.0 Å². The molecular weight excluding hydrogens is 208 g/mol. The summed E-state index contributed by atoms with van der Waals surface area (Å²) in [5, 5.41) is 11.0. The van der Waals surface area contributed by atoms with Crippen molar-refractivity contribution in [3.8, 4) is 0 Å². The van der Waals surface area contributed by atoms with Crippen molar-refractivity contribution in [3.63, 3.8) is 0 Å². The number of hydrogen-bond acceptors (Lipinski definition) is 5. The molecule has 90 valence electrons. The number of methoxy groups -OCH3 is 1. The summed E-state index contributed by atoms with van der Waals surface area (Å²) in [6.07, 6.45) is 2.05. The monoisotopic (exact) mass is 226 g/mol. The van der Waals surface area contributed by atoms with Crippen LogP contribution in [0.4, 0.5) is 0 Å². The van der Waals surface area contributed by atoms with E-state index in [1.54, 1.807) is 6.33 Å². The Morgan fingerprint density at radius 3 is 3.06 bits per heavy atom. The number of carbonyl (C=O) groups excluding carboxylic acids is 1. The molecule has 1 rings (SSSR count). The van der Waals surface area contributed by atoms with E-state index in [2.05, 4.69) is 20.3 Å². The van der Waals surface area contributed by atoms with Crippen LogP contribution in [-0.2, 0) is 22.6 Å². The van der Waals surface area contributed by atoms with E-state index >= 15 is 0 Å². The normalized spacial score (nSPS) is 12.4. The van der Waals surface area contributed by atoms with Gasteiger partial charge in [-0.25, -0.2) is 0 Å². The van der Waals surface area contributed by atoms with E-state index in [0.717, 1.165) is 12.4 Å². The second-order valence-corrected chi connectivity index (χ2v) is 3.60. The van der Waals surface area contributed by atoms with Crippen LogP contribution in [0.1, 0.15) is 26.1 Å². The fraction of sp³-hybridized carbons (Fsp3) is 0.700. The number of nitrogens with zero attached hydrogens (tertiary/aromatic N) is 3. The highest BCUT2D eigenvalue weighted by molar-refractivity contribution is 5.69. The lowest BCUT2D eigenvalue weighted by Crippen LogP contribution is -2.29. The average Bonchev–Trinajstić information content (AvgIpc) is 2.73. The molecule has 6 nitrogen and oxygen atoms in total. The van der Waals surface area contributed by atoms with Gasteiger partial charge in [-0.15, -0.1) is 10.2 Å². The van der Waals surface area contributed by atoms with Crippen LogP contribution in [0.25, 0.3) is 0 Å². The first-order valence-electron chi connectivity index (χ1n) is 5.34. The quantitative estimate of drug-likeness (QED) is 0.708. The minimum atomic E-state index is -0.211. The minimum Gasteiger partial charge on any atom is -0.469 e. The fourth-order valence-corrected chi connectivity index (χ4v) is 1.35. The van der Waals surface area contributed by atoms with E-state index in [1.165, 1.54) is 7.11 Å². The lowest BCUT2D eigenvalue weighted by Gasteiger charge is -2.12. The summed E-state index contributed by atoms with van der Waals surface area (Å²) in [7, 11) is 1.39. The SMILES string of the molecule is CCn1cnnc1CNC(C)CC(=O)OC. The lowest BCUT2D eigenvalue weighted by atomic mass is 10.2. The predicted octanol–water partition coefficient (Wildman–Crippen LogP) is 0.339. The zero-order chi connectivity index (χ0) is 12.0. The zero-order valence-electron chi connectivity index (χ0n) is 9.93. The smallest absolute Gasteiger partial charge is 0.307 e. The van der Waals surface area contributed by atoms with E-state index in [1.807, 2.05) is 18.4 Å². The van der Waals surface area contributed by atoms with Crippen LogP contribution in [0.3, 0.4) is 0 Å². The van der Waals surface area contributed by atoms with E-state index in [4.69, 9.17) is 0 Å². The highest BCUT2D eigenvalue weighted by Gasteiger charge is 2.10. The molecule has 0 spiro atoms. The fourth-order valence-electron chi connectivity index (χ4n) is 1.35. The Hall–Kier alpha value is -1.43. The summed E-state index contributed by atoms with van der Waals surface area (Å²) in [5.74, 6) is 0.663. The average molecular weight is 226 g/mol. The number of hydrogen-bond donors (Lipinski definition) is 1. The summed E-state index contributed by atoms with van der Waals surface area (Å²) < 4.78 is 6.55. The number of esters is 1. The summed E-state index contributed by atoms with van der Waals surface area (Å²) in [6.45, 7) is 5.41. The molecule has 0 fully saturated rings. The largest absolute Gasteiger partial charge is 0.469 e. The summed E-state index contributed by atoms with van der Waals surface area (Å²) in [4.78, 5) is 11.0. The van der Waals surface area contributed by atoms with Crippen LogP contribution in [-0.4, -0.2) is 33.9 Å². The first-order valence-corrected chi connectivity index (χ1v) is 5.34. The van der Waals surface area contributed by atoms with Gasteiger partial charge in [-0.2, -0.15) is 0 Å². The van der Waals surface area contributed by atoms with Gasteiger partial charge in [0.15, 0.2) is 0 Å². The van der Waals surface area contributed by atoms with E-state index < -0.39 is 0 Å². The molecule has 0 amide bonds. The van der Waals surface area contributed by atoms with Gasteiger partial charge in [-0.3, -0.25) is 4.79 Å². The Labute approximate surface area is 95.0 Å². The molecule has 0 aromatic carbocycles.